The van der Waals surface area contributed by atoms with Gasteiger partial charge in [0.05, 0.1) is 11.4 Å². The van der Waals surface area contributed by atoms with E-state index in [9.17, 15) is 0 Å². The van der Waals surface area contributed by atoms with Gasteiger partial charge in [-0.3, -0.25) is 14.9 Å². The Morgan fingerprint density at radius 2 is 2.11 bits per heavy atom. The lowest BCUT2D eigenvalue weighted by Crippen LogP contribution is -2.48. The molecule has 0 radical (unpaired) electrons. The first-order valence-electron chi connectivity index (χ1n) is 9.67. The van der Waals surface area contributed by atoms with Crippen LogP contribution in [0.5, 0.6) is 0 Å². The molecular weight excluding hydrogens is 340 g/mol. The SMILES string of the molecule is CN=C(NCCc1c(C)noc1C)NC1CCN(Cc2ccccn2)CC1. The van der Waals surface area contributed by atoms with Crippen LogP contribution in [0, 0.1) is 13.8 Å². The van der Waals surface area contributed by atoms with Gasteiger partial charge in [0, 0.05) is 51.0 Å². The lowest BCUT2D eigenvalue weighted by molar-refractivity contribution is 0.196. The van der Waals surface area contributed by atoms with E-state index in [-0.39, 0.29) is 0 Å². The van der Waals surface area contributed by atoms with Gasteiger partial charge in [-0.1, -0.05) is 11.2 Å². The summed E-state index contributed by atoms with van der Waals surface area (Å²) in [7, 11) is 1.82. The van der Waals surface area contributed by atoms with E-state index < -0.39 is 0 Å². The van der Waals surface area contributed by atoms with E-state index in [0.29, 0.717) is 6.04 Å². The first kappa shape index (κ1) is 19.4. The highest BCUT2D eigenvalue weighted by Crippen LogP contribution is 2.13. The quantitative estimate of drug-likeness (QED) is 0.599. The van der Waals surface area contributed by atoms with Crippen molar-refractivity contribution in [1.82, 2.24) is 25.7 Å². The van der Waals surface area contributed by atoms with E-state index >= 15 is 0 Å². The number of guanidine groups is 1. The zero-order valence-electron chi connectivity index (χ0n) is 16.5. The molecule has 1 fully saturated rings. The summed E-state index contributed by atoms with van der Waals surface area (Å²) < 4.78 is 5.22. The molecule has 27 heavy (non-hydrogen) atoms. The van der Waals surface area contributed by atoms with Gasteiger partial charge >= 0.3 is 0 Å². The number of rotatable bonds is 6. The lowest BCUT2D eigenvalue weighted by atomic mass is 10.0. The van der Waals surface area contributed by atoms with Crippen LogP contribution in [-0.4, -0.2) is 53.7 Å². The minimum atomic E-state index is 0.454. The molecule has 1 saturated heterocycles. The molecule has 3 heterocycles. The Bertz CT molecular complexity index is 715. The molecule has 146 valence electrons. The average Bonchev–Trinajstić information content (AvgIpc) is 3.01. The third kappa shape index (κ3) is 5.53. The fourth-order valence-electron chi connectivity index (χ4n) is 3.51. The van der Waals surface area contributed by atoms with Crippen LogP contribution in [-0.2, 0) is 13.0 Å². The summed E-state index contributed by atoms with van der Waals surface area (Å²) >= 11 is 0. The Kier molecular flexibility index (Phi) is 6.81. The van der Waals surface area contributed by atoms with Gasteiger partial charge in [-0.2, -0.15) is 0 Å². The highest BCUT2D eigenvalue weighted by atomic mass is 16.5. The van der Waals surface area contributed by atoms with Crippen LogP contribution in [0.25, 0.3) is 0 Å². The zero-order valence-corrected chi connectivity index (χ0v) is 16.5. The fourth-order valence-corrected chi connectivity index (χ4v) is 3.51. The number of aryl methyl sites for hydroxylation is 2. The van der Waals surface area contributed by atoms with Crippen molar-refractivity contribution in [3.05, 3.63) is 47.1 Å². The third-order valence-corrected chi connectivity index (χ3v) is 5.11. The van der Waals surface area contributed by atoms with Gasteiger partial charge in [-0.05, 0) is 45.2 Å². The van der Waals surface area contributed by atoms with E-state index in [0.717, 1.165) is 68.5 Å². The molecule has 7 heteroatoms. The summed E-state index contributed by atoms with van der Waals surface area (Å²) in [5.41, 5.74) is 3.29. The van der Waals surface area contributed by atoms with Crippen molar-refractivity contribution in [2.24, 2.45) is 4.99 Å². The predicted octanol–water partition coefficient (Wildman–Crippen LogP) is 2.06. The molecular formula is C20H30N6O. The van der Waals surface area contributed by atoms with Crippen molar-refractivity contribution in [2.45, 2.75) is 45.7 Å². The van der Waals surface area contributed by atoms with Crippen molar-refractivity contribution < 1.29 is 4.52 Å². The van der Waals surface area contributed by atoms with E-state index in [1.807, 2.05) is 33.2 Å². The van der Waals surface area contributed by atoms with Crippen LogP contribution < -0.4 is 10.6 Å². The Balaban J connectivity index is 1.39. The number of nitrogens with one attached hydrogen (secondary N) is 2. The van der Waals surface area contributed by atoms with Crippen molar-refractivity contribution >= 4 is 5.96 Å². The molecule has 2 aromatic heterocycles. The van der Waals surface area contributed by atoms with E-state index in [1.165, 1.54) is 5.56 Å². The third-order valence-electron chi connectivity index (χ3n) is 5.11. The second-order valence-electron chi connectivity index (χ2n) is 7.07. The van der Waals surface area contributed by atoms with Crippen LogP contribution in [0.3, 0.4) is 0 Å². The first-order chi connectivity index (χ1) is 13.2. The van der Waals surface area contributed by atoms with Crippen LogP contribution in [0.1, 0.15) is 35.6 Å². The standard InChI is InChI=1S/C20H30N6O/c1-15-19(16(2)27-25-15)7-11-23-20(21-3)24-17-8-12-26(13-9-17)14-18-6-4-5-10-22-18/h4-6,10,17H,7-9,11-14H2,1-3H3,(H2,21,23,24). The number of likely N-dealkylation sites (tertiary alicyclic amines) is 1. The topological polar surface area (TPSA) is 78.6 Å². The molecule has 0 spiro atoms. The normalized spacial score (nSPS) is 16.5. The summed E-state index contributed by atoms with van der Waals surface area (Å²) in [4.78, 5) is 11.3. The number of pyridine rings is 1. The van der Waals surface area contributed by atoms with Crippen LogP contribution in [0.15, 0.2) is 33.9 Å². The summed E-state index contributed by atoms with van der Waals surface area (Å²) in [5, 5.41) is 11.0. The first-order valence-corrected chi connectivity index (χ1v) is 9.67. The van der Waals surface area contributed by atoms with Crippen molar-refractivity contribution in [1.29, 1.82) is 0 Å². The maximum absolute atomic E-state index is 5.22. The lowest BCUT2D eigenvalue weighted by Gasteiger charge is -2.32. The van der Waals surface area contributed by atoms with Gasteiger partial charge in [0.2, 0.25) is 0 Å². The van der Waals surface area contributed by atoms with E-state index in [1.54, 1.807) is 0 Å². The van der Waals surface area contributed by atoms with Crippen molar-refractivity contribution in [2.75, 3.05) is 26.7 Å². The minimum absolute atomic E-state index is 0.454. The maximum Gasteiger partial charge on any atom is 0.191 e. The second-order valence-corrected chi connectivity index (χ2v) is 7.07. The number of hydrogen-bond donors (Lipinski definition) is 2. The molecule has 0 atom stereocenters. The van der Waals surface area contributed by atoms with Gasteiger partial charge in [0.15, 0.2) is 5.96 Å². The van der Waals surface area contributed by atoms with E-state index in [2.05, 4.69) is 42.8 Å². The van der Waals surface area contributed by atoms with Crippen LogP contribution in [0.4, 0.5) is 0 Å². The number of aliphatic imine (C=N–C) groups is 1. The monoisotopic (exact) mass is 370 g/mol. The Hall–Kier alpha value is -2.41. The molecule has 0 aromatic carbocycles. The summed E-state index contributed by atoms with van der Waals surface area (Å²) in [6.45, 7) is 7.83. The van der Waals surface area contributed by atoms with Gasteiger partial charge in [-0.15, -0.1) is 0 Å². The smallest absolute Gasteiger partial charge is 0.191 e. The second kappa shape index (κ2) is 9.50. The molecule has 2 N–H and O–H groups in total. The van der Waals surface area contributed by atoms with Gasteiger partial charge < -0.3 is 15.2 Å². The molecule has 7 nitrogen and oxygen atoms in total. The largest absolute Gasteiger partial charge is 0.361 e. The van der Waals surface area contributed by atoms with E-state index in [4.69, 9.17) is 4.52 Å². The number of piperidine rings is 1. The number of nitrogens with zero attached hydrogens (tertiary/aromatic N) is 4. The highest BCUT2D eigenvalue weighted by molar-refractivity contribution is 5.79. The highest BCUT2D eigenvalue weighted by Gasteiger charge is 2.20. The Morgan fingerprint density at radius 3 is 2.74 bits per heavy atom. The van der Waals surface area contributed by atoms with Crippen LogP contribution in [0.2, 0.25) is 0 Å². The minimum Gasteiger partial charge on any atom is -0.361 e. The zero-order chi connectivity index (χ0) is 19.1. The molecule has 0 unspecified atom stereocenters. The van der Waals surface area contributed by atoms with Gasteiger partial charge in [0.25, 0.3) is 0 Å². The van der Waals surface area contributed by atoms with Gasteiger partial charge in [-0.25, -0.2) is 0 Å². The average molecular weight is 371 g/mol. The Labute approximate surface area is 161 Å². The van der Waals surface area contributed by atoms with Crippen LogP contribution >= 0.6 is 0 Å². The summed E-state index contributed by atoms with van der Waals surface area (Å²) in [5.74, 6) is 1.77. The van der Waals surface area contributed by atoms with Crippen molar-refractivity contribution in [3.63, 3.8) is 0 Å². The molecule has 0 amide bonds. The molecule has 1 aliphatic heterocycles. The summed E-state index contributed by atoms with van der Waals surface area (Å²) in [6.07, 6.45) is 4.96. The summed E-state index contributed by atoms with van der Waals surface area (Å²) in [6, 6.07) is 6.56. The molecule has 3 rings (SSSR count). The Morgan fingerprint density at radius 1 is 1.30 bits per heavy atom. The van der Waals surface area contributed by atoms with Gasteiger partial charge in [0.1, 0.15) is 5.76 Å². The fraction of sp³-hybridized carbons (Fsp3) is 0.550. The number of aromatic nitrogens is 2. The maximum atomic E-state index is 5.22. The molecule has 2 aromatic rings. The molecule has 0 bridgehead atoms. The molecule has 0 saturated carbocycles. The molecule has 0 aliphatic carbocycles. The van der Waals surface area contributed by atoms with Crippen molar-refractivity contribution in [3.8, 4) is 0 Å². The number of hydrogen-bond acceptors (Lipinski definition) is 5. The molecule has 1 aliphatic rings. The predicted molar refractivity (Wildman–Crippen MR) is 107 cm³/mol.